The zero-order valence-electron chi connectivity index (χ0n) is 12.6. The lowest BCUT2D eigenvalue weighted by molar-refractivity contribution is 0.0646. The number of ether oxygens (including phenoxy) is 1. The van der Waals surface area contributed by atoms with Crippen LogP contribution in [0.3, 0.4) is 0 Å². The van der Waals surface area contributed by atoms with Gasteiger partial charge in [-0.3, -0.25) is 4.79 Å². The number of methoxy groups -OCH3 is 1. The maximum Gasteiger partial charge on any atom is 0.253 e. The Hall–Kier alpha value is -1.55. The van der Waals surface area contributed by atoms with Gasteiger partial charge in [-0.05, 0) is 43.1 Å². The first-order valence-electron chi connectivity index (χ1n) is 7.32. The van der Waals surface area contributed by atoms with E-state index in [0.29, 0.717) is 12.0 Å². The highest BCUT2D eigenvalue weighted by Crippen LogP contribution is 2.20. The molecule has 2 unspecified atom stereocenters. The second-order valence-electron chi connectivity index (χ2n) is 5.41. The molecule has 1 saturated heterocycles. The molecule has 1 fully saturated rings. The third-order valence-corrected chi connectivity index (χ3v) is 4.00. The first kappa shape index (κ1) is 14.9. The smallest absolute Gasteiger partial charge is 0.253 e. The summed E-state index contributed by atoms with van der Waals surface area (Å²) in [4.78, 5) is 14.4. The molecule has 0 bridgehead atoms. The van der Waals surface area contributed by atoms with Crippen LogP contribution in [0, 0.1) is 5.92 Å². The summed E-state index contributed by atoms with van der Waals surface area (Å²) in [6.07, 6.45) is 1.02. The van der Waals surface area contributed by atoms with Crippen LogP contribution in [-0.2, 0) is 0 Å². The predicted octanol–water partition coefficient (Wildman–Crippen LogP) is 2.16. The SMILES string of the molecule is CCNC1CCN(C(=O)c2ccc(OC)cc2)CC1C. The van der Waals surface area contributed by atoms with E-state index in [-0.39, 0.29) is 5.91 Å². The van der Waals surface area contributed by atoms with Gasteiger partial charge in [0.1, 0.15) is 5.75 Å². The van der Waals surface area contributed by atoms with Gasteiger partial charge in [-0.2, -0.15) is 0 Å². The molecule has 1 N–H and O–H groups in total. The molecule has 0 aliphatic carbocycles. The van der Waals surface area contributed by atoms with Crippen LogP contribution in [0.5, 0.6) is 5.75 Å². The minimum atomic E-state index is 0.120. The van der Waals surface area contributed by atoms with Gasteiger partial charge in [-0.25, -0.2) is 0 Å². The number of rotatable bonds is 4. The molecule has 110 valence electrons. The van der Waals surface area contributed by atoms with Gasteiger partial charge in [0, 0.05) is 24.7 Å². The number of nitrogens with one attached hydrogen (secondary N) is 1. The topological polar surface area (TPSA) is 41.6 Å². The first-order valence-corrected chi connectivity index (χ1v) is 7.32. The molecule has 1 aliphatic heterocycles. The molecule has 1 aromatic rings. The largest absolute Gasteiger partial charge is 0.497 e. The van der Waals surface area contributed by atoms with Crippen LogP contribution in [0.25, 0.3) is 0 Å². The number of piperidine rings is 1. The molecule has 4 heteroatoms. The van der Waals surface area contributed by atoms with Crippen molar-refractivity contribution in [2.24, 2.45) is 5.92 Å². The number of hydrogen-bond acceptors (Lipinski definition) is 3. The van der Waals surface area contributed by atoms with Crippen molar-refractivity contribution in [1.82, 2.24) is 10.2 Å². The highest BCUT2D eigenvalue weighted by molar-refractivity contribution is 5.94. The molecule has 0 radical (unpaired) electrons. The van der Waals surface area contributed by atoms with Gasteiger partial charge in [-0.1, -0.05) is 13.8 Å². The Bertz CT molecular complexity index is 444. The van der Waals surface area contributed by atoms with Crippen molar-refractivity contribution in [3.05, 3.63) is 29.8 Å². The summed E-state index contributed by atoms with van der Waals surface area (Å²) < 4.78 is 5.12. The monoisotopic (exact) mass is 276 g/mol. The van der Waals surface area contributed by atoms with Crippen molar-refractivity contribution < 1.29 is 9.53 Å². The zero-order valence-corrected chi connectivity index (χ0v) is 12.6. The van der Waals surface area contributed by atoms with Crippen molar-refractivity contribution in [3.63, 3.8) is 0 Å². The van der Waals surface area contributed by atoms with E-state index in [1.54, 1.807) is 7.11 Å². The maximum atomic E-state index is 12.5. The molecule has 4 nitrogen and oxygen atoms in total. The number of benzene rings is 1. The second-order valence-corrected chi connectivity index (χ2v) is 5.41. The van der Waals surface area contributed by atoms with Crippen LogP contribution in [-0.4, -0.2) is 43.6 Å². The third-order valence-electron chi connectivity index (χ3n) is 4.00. The highest BCUT2D eigenvalue weighted by atomic mass is 16.5. The fourth-order valence-electron chi connectivity index (χ4n) is 2.81. The highest BCUT2D eigenvalue weighted by Gasteiger charge is 2.28. The fraction of sp³-hybridized carbons (Fsp3) is 0.562. The summed E-state index contributed by atoms with van der Waals surface area (Å²) in [5.41, 5.74) is 0.736. The van der Waals surface area contributed by atoms with Crippen molar-refractivity contribution in [2.75, 3.05) is 26.7 Å². The average molecular weight is 276 g/mol. The number of carbonyl (C=O) groups excluding carboxylic acids is 1. The van der Waals surface area contributed by atoms with Crippen molar-refractivity contribution in [2.45, 2.75) is 26.3 Å². The summed E-state index contributed by atoms with van der Waals surface area (Å²) in [6, 6.07) is 7.87. The molecule has 0 aromatic heterocycles. The van der Waals surface area contributed by atoms with Crippen molar-refractivity contribution in [1.29, 1.82) is 0 Å². The van der Waals surface area contributed by atoms with Crippen molar-refractivity contribution in [3.8, 4) is 5.75 Å². The van der Waals surface area contributed by atoms with E-state index in [1.807, 2.05) is 29.2 Å². The third kappa shape index (κ3) is 3.31. The molecule has 0 saturated carbocycles. The molecule has 1 heterocycles. The number of amides is 1. The molecular formula is C16H24N2O2. The van der Waals surface area contributed by atoms with Gasteiger partial charge < -0.3 is 15.0 Å². The van der Waals surface area contributed by atoms with Gasteiger partial charge in [0.2, 0.25) is 0 Å². The number of nitrogens with zero attached hydrogens (tertiary/aromatic N) is 1. The van der Waals surface area contributed by atoms with Gasteiger partial charge in [0.25, 0.3) is 5.91 Å². The molecule has 2 atom stereocenters. The quantitative estimate of drug-likeness (QED) is 0.916. The van der Waals surface area contributed by atoms with E-state index in [0.717, 1.165) is 37.4 Å². The summed E-state index contributed by atoms with van der Waals surface area (Å²) in [7, 11) is 1.63. The lowest BCUT2D eigenvalue weighted by atomic mass is 9.93. The molecule has 1 aliphatic rings. The Kier molecular flexibility index (Phi) is 5.01. The Morgan fingerprint density at radius 3 is 2.65 bits per heavy atom. The maximum absolute atomic E-state index is 12.5. The summed E-state index contributed by atoms with van der Waals surface area (Å²) in [6.45, 7) is 6.97. The minimum Gasteiger partial charge on any atom is -0.497 e. The van der Waals surface area contributed by atoms with E-state index in [1.165, 1.54) is 0 Å². The number of carbonyl (C=O) groups is 1. The van der Waals surface area contributed by atoms with Crippen LogP contribution < -0.4 is 10.1 Å². The van der Waals surface area contributed by atoms with Crippen LogP contribution in [0.1, 0.15) is 30.6 Å². The molecule has 20 heavy (non-hydrogen) atoms. The Morgan fingerprint density at radius 1 is 1.40 bits per heavy atom. The summed E-state index contributed by atoms with van der Waals surface area (Å²) in [5.74, 6) is 1.39. The van der Waals surface area contributed by atoms with Gasteiger partial charge in [0.05, 0.1) is 7.11 Å². The van der Waals surface area contributed by atoms with E-state index >= 15 is 0 Å². The lowest BCUT2D eigenvalue weighted by Crippen LogP contribution is -2.50. The first-order chi connectivity index (χ1) is 9.65. The predicted molar refractivity (Wildman–Crippen MR) is 80.1 cm³/mol. The molecule has 2 rings (SSSR count). The molecule has 1 aromatic carbocycles. The minimum absolute atomic E-state index is 0.120. The molecule has 1 amide bonds. The van der Waals surface area contributed by atoms with Crippen molar-refractivity contribution >= 4 is 5.91 Å². The van der Waals surface area contributed by atoms with E-state index in [2.05, 4.69) is 19.2 Å². The van der Waals surface area contributed by atoms with Crippen LogP contribution in [0.15, 0.2) is 24.3 Å². The second kappa shape index (κ2) is 6.75. The van der Waals surface area contributed by atoms with E-state index in [4.69, 9.17) is 4.74 Å². The van der Waals surface area contributed by atoms with Gasteiger partial charge >= 0.3 is 0 Å². The standard InChI is InChI=1S/C16H24N2O2/c1-4-17-15-9-10-18(11-12(15)2)16(19)13-5-7-14(20-3)8-6-13/h5-8,12,15,17H,4,9-11H2,1-3H3. The van der Waals surface area contributed by atoms with Crippen LogP contribution >= 0.6 is 0 Å². The van der Waals surface area contributed by atoms with Crippen LogP contribution in [0.4, 0.5) is 0 Å². The average Bonchev–Trinajstić information content (AvgIpc) is 2.49. The Morgan fingerprint density at radius 2 is 2.10 bits per heavy atom. The van der Waals surface area contributed by atoms with Gasteiger partial charge in [-0.15, -0.1) is 0 Å². The summed E-state index contributed by atoms with van der Waals surface area (Å²) in [5, 5.41) is 3.49. The summed E-state index contributed by atoms with van der Waals surface area (Å²) >= 11 is 0. The van der Waals surface area contributed by atoms with Crippen LogP contribution in [0.2, 0.25) is 0 Å². The van der Waals surface area contributed by atoms with Gasteiger partial charge in [0.15, 0.2) is 0 Å². The Balaban J connectivity index is 1.99. The molecular weight excluding hydrogens is 252 g/mol. The lowest BCUT2D eigenvalue weighted by Gasteiger charge is -2.37. The van der Waals surface area contributed by atoms with E-state index in [9.17, 15) is 4.79 Å². The fourth-order valence-corrected chi connectivity index (χ4v) is 2.81. The molecule has 0 spiro atoms. The number of hydrogen-bond donors (Lipinski definition) is 1. The normalized spacial score (nSPS) is 22.6. The van der Waals surface area contributed by atoms with E-state index < -0.39 is 0 Å². The zero-order chi connectivity index (χ0) is 14.5. The Labute approximate surface area is 121 Å². The number of likely N-dealkylation sites (tertiary alicyclic amines) is 1.